The normalized spacial score (nSPS) is 16.3. The quantitative estimate of drug-likeness (QED) is 0.921. The Labute approximate surface area is 123 Å². The Kier molecular flexibility index (Phi) is 2.89. The molecule has 1 N–H and O–H groups in total. The van der Waals surface area contributed by atoms with E-state index < -0.39 is 0 Å². The minimum atomic E-state index is 0.304. The molecule has 1 aromatic heterocycles. The number of benzene rings is 1. The molecule has 5 nitrogen and oxygen atoms in total. The Morgan fingerprint density at radius 3 is 2.95 bits per heavy atom. The van der Waals surface area contributed by atoms with Crippen molar-refractivity contribution in [1.29, 1.82) is 0 Å². The second kappa shape index (κ2) is 4.77. The van der Waals surface area contributed by atoms with Gasteiger partial charge in [0, 0.05) is 42.4 Å². The van der Waals surface area contributed by atoms with Crippen LogP contribution in [0.25, 0.3) is 11.3 Å². The lowest BCUT2D eigenvalue weighted by Crippen LogP contribution is -2.25. The van der Waals surface area contributed by atoms with Gasteiger partial charge in [0.1, 0.15) is 0 Å². The lowest BCUT2D eigenvalue weighted by Gasteiger charge is -2.17. The molecule has 5 heteroatoms. The molecule has 110 valence electrons. The van der Waals surface area contributed by atoms with Crippen molar-refractivity contribution in [1.82, 2.24) is 15.1 Å². The first-order valence-electron chi connectivity index (χ1n) is 7.45. The zero-order chi connectivity index (χ0) is 14.4. The molecule has 0 aliphatic carbocycles. The number of rotatable bonds is 2. The third-order valence-corrected chi connectivity index (χ3v) is 4.09. The highest BCUT2D eigenvalue weighted by atomic mass is 16.7. The lowest BCUT2D eigenvalue weighted by atomic mass is 10.0. The maximum absolute atomic E-state index is 5.49. The van der Waals surface area contributed by atoms with Crippen molar-refractivity contribution in [2.45, 2.75) is 32.9 Å². The molecule has 0 radical (unpaired) electrons. The van der Waals surface area contributed by atoms with Crippen LogP contribution in [0.1, 0.15) is 31.1 Å². The summed E-state index contributed by atoms with van der Waals surface area (Å²) in [4.78, 5) is 0. The van der Waals surface area contributed by atoms with Gasteiger partial charge in [0.2, 0.25) is 6.79 Å². The first-order chi connectivity index (χ1) is 10.2. The molecule has 0 fully saturated rings. The molecule has 4 rings (SSSR count). The monoisotopic (exact) mass is 285 g/mol. The Morgan fingerprint density at radius 1 is 1.24 bits per heavy atom. The maximum atomic E-state index is 5.49. The Bertz CT molecular complexity index is 691. The van der Waals surface area contributed by atoms with Gasteiger partial charge in [-0.25, -0.2) is 0 Å². The van der Waals surface area contributed by atoms with Crippen LogP contribution >= 0.6 is 0 Å². The van der Waals surface area contributed by atoms with Gasteiger partial charge >= 0.3 is 0 Å². The largest absolute Gasteiger partial charge is 0.454 e. The number of fused-ring (bicyclic) bond motifs is 2. The van der Waals surface area contributed by atoms with Gasteiger partial charge in [-0.05, 0) is 32.0 Å². The third-order valence-electron chi connectivity index (χ3n) is 4.09. The lowest BCUT2D eigenvalue weighted by molar-refractivity contribution is 0.174. The predicted molar refractivity (Wildman–Crippen MR) is 79.6 cm³/mol. The van der Waals surface area contributed by atoms with Crippen molar-refractivity contribution in [2.24, 2.45) is 0 Å². The van der Waals surface area contributed by atoms with Crippen molar-refractivity contribution in [3.05, 3.63) is 29.5 Å². The molecule has 0 saturated carbocycles. The molecule has 21 heavy (non-hydrogen) atoms. The van der Waals surface area contributed by atoms with Crippen LogP contribution in [0.3, 0.4) is 0 Å². The fourth-order valence-corrected chi connectivity index (χ4v) is 3.08. The number of nitrogens with zero attached hydrogens (tertiary/aromatic N) is 2. The number of hydrogen-bond acceptors (Lipinski definition) is 4. The van der Waals surface area contributed by atoms with E-state index in [4.69, 9.17) is 14.6 Å². The molecular weight excluding hydrogens is 266 g/mol. The van der Waals surface area contributed by atoms with E-state index in [2.05, 4.69) is 29.9 Å². The average Bonchev–Trinajstić information content (AvgIpc) is 3.10. The van der Waals surface area contributed by atoms with Gasteiger partial charge in [-0.3, -0.25) is 4.68 Å². The zero-order valence-electron chi connectivity index (χ0n) is 12.3. The number of hydrogen-bond donors (Lipinski definition) is 1. The summed E-state index contributed by atoms with van der Waals surface area (Å²) < 4.78 is 13.0. The first-order valence-corrected chi connectivity index (χ1v) is 7.45. The molecule has 0 bridgehead atoms. The molecule has 0 unspecified atom stereocenters. The van der Waals surface area contributed by atoms with Crippen LogP contribution in [-0.2, 0) is 13.0 Å². The summed E-state index contributed by atoms with van der Waals surface area (Å²) in [5, 5.41) is 8.31. The average molecular weight is 285 g/mol. The van der Waals surface area contributed by atoms with E-state index in [1.807, 2.05) is 12.1 Å². The van der Waals surface area contributed by atoms with Gasteiger partial charge in [-0.1, -0.05) is 0 Å². The van der Waals surface area contributed by atoms with Crippen LogP contribution in [0, 0.1) is 0 Å². The van der Waals surface area contributed by atoms with Crippen molar-refractivity contribution in [2.75, 3.05) is 13.3 Å². The Balaban J connectivity index is 1.85. The maximum Gasteiger partial charge on any atom is 0.231 e. The standard InChI is InChI=1S/C16H19N3O2/c1-10(2)19-13-5-6-17-8-12(13)16(18-19)11-3-4-14-15(7-11)21-9-20-14/h3-4,7,10,17H,5-6,8-9H2,1-2H3. The molecule has 0 spiro atoms. The van der Waals surface area contributed by atoms with Gasteiger partial charge < -0.3 is 14.8 Å². The number of ether oxygens (including phenoxy) is 2. The molecule has 2 aromatic rings. The highest BCUT2D eigenvalue weighted by molar-refractivity contribution is 5.68. The number of aromatic nitrogens is 2. The fourth-order valence-electron chi connectivity index (χ4n) is 3.08. The number of nitrogens with one attached hydrogen (secondary N) is 1. The zero-order valence-corrected chi connectivity index (χ0v) is 12.3. The van der Waals surface area contributed by atoms with Crippen LogP contribution < -0.4 is 14.8 Å². The summed E-state index contributed by atoms with van der Waals surface area (Å²) in [7, 11) is 0. The second-order valence-corrected chi connectivity index (χ2v) is 5.81. The van der Waals surface area contributed by atoms with E-state index in [1.54, 1.807) is 0 Å². The molecule has 0 atom stereocenters. The van der Waals surface area contributed by atoms with E-state index in [1.165, 1.54) is 11.3 Å². The van der Waals surface area contributed by atoms with Crippen LogP contribution in [0.5, 0.6) is 11.5 Å². The third kappa shape index (κ3) is 2.00. The topological polar surface area (TPSA) is 48.3 Å². The summed E-state index contributed by atoms with van der Waals surface area (Å²) in [5.41, 5.74) is 4.83. The SMILES string of the molecule is CC(C)n1nc(-c2ccc3c(c2)OCO3)c2c1CCNC2. The molecule has 3 heterocycles. The van der Waals surface area contributed by atoms with Crippen molar-refractivity contribution in [3.63, 3.8) is 0 Å². The van der Waals surface area contributed by atoms with E-state index in [9.17, 15) is 0 Å². The van der Waals surface area contributed by atoms with Crippen LogP contribution in [0.15, 0.2) is 18.2 Å². The van der Waals surface area contributed by atoms with Crippen molar-refractivity contribution < 1.29 is 9.47 Å². The smallest absolute Gasteiger partial charge is 0.231 e. The van der Waals surface area contributed by atoms with E-state index >= 15 is 0 Å². The fraction of sp³-hybridized carbons (Fsp3) is 0.438. The first kappa shape index (κ1) is 12.7. The van der Waals surface area contributed by atoms with Crippen LogP contribution in [-0.4, -0.2) is 23.1 Å². The molecule has 2 aliphatic heterocycles. The van der Waals surface area contributed by atoms with E-state index in [-0.39, 0.29) is 0 Å². The highest BCUT2D eigenvalue weighted by Crippen LogP contribution is 2.37. The summed E-state index contributed by atoms with van der Waals surface area (Å²) in [6.07, 6.45) is 1.03. The molecule has 1 aromatic carbocycles. The summed E-state index contributed by atoms with van der Waals surface area (Å²) in [6, 6.07) is 6.44. The second-order valence-electron chi connectivity index (χ2n) is 5.81. The van der Waals surface area contributed by atoms with E-state index in [0.29, 0.717) is 12.8 Å². The summed E-state index contributed by atoms with van der Waals surface area (Å²) in [6.45, 7) is 6.56. The minimum absolute atomic E-state index is 0.304. The molecule has 0 amide bonds. The van der Waals surface area contributed by atoms with Gasteiger partial charge in [-0.2, -0.15) is 5.10 Å². The van der Waals surface area contributed by atoms with Crippen molar-refractivity contribution >= 4 is 0 Å². The van der Waals surface area contributed by atoms with E-state index in [0.717, 1.165) is 42.3 Å². The molecular formula is C16H19N3O2. The Morgan fingerprint density at radius 2 is 2.10 bits per heavy atom. The predicted octanol–water partition coefficient (Wildman–Crippen LogP) is 2.51. The Hall–Kier alpha value is -2.01. The summed E-state index contributed by atoms with van der Waals surface area (Å²) >= 11 is 0. The van der Waals surface area contributed by atoms with Gasteiger partial charge in [-0.15, -0.1) is 0 Å². The molecule has 0 saturated heterocycles. The summed E-state index contributed by atoms with van der Waals surface area (Å²) in [5.74, 6) is 1.62. The minimum Gasteiger partial charge on any atom is -0.454 e. The van der Waals surface area contributed by atoms with Gasteiger partial charge in [0.05, 0.1) is 5.69 Å². The highest BCUT2D eigenvalue weighted by Gasteiger charge is 2.24. The van der Waals surface area contributed by atoms with Crippen LogP contribution in [0.2, 0.25) is 0 Å². The van der Waals surface area contributed by atoms with Crippen molar-refractivity contribution in [3.8, 4) is 22.8 Å². The molecule has 2 aliphatic rings. The van der Waals surface area contributed by atoms with Gasteiger partial charge in [0.15, 0.2) is 11.5 Å². The van der Waals surface area contributed by atoms with Crippen LogP contribution in [0.4, 0.5) is 0 Å². The van der Waals surface area contributed by atoms with Gasteiger partial charge in [0.25, 0.3) is 0 Å².